The molecule has 0 radical (unpaired) electrons. The van der Waals surface area contributed by atoms with E-state index in [9.17, 15) is 10.0 Å². The molecule has 0 atom stereocenters. The molecule has 17 heavy (non-hydrogen) atoms. The molecule has 0 aliphatic heterocycles. The van der Waals surface area contributed by atoms with Crippen LogP contribution >= 0.6 is 0 Å². The Kier molecular flexibility index (Phi) is 3.32. The summed E-state index contributed by atoms with van der Waals surface area (Å²) in [5.74, 6) is 0. The topological polar surface area (TPSA) is 40.5 Å². The zero-order valence-corrected chi connectivity index (χ0v) is 10.0. The van der Waals surface area contributed by atoms with Crippen LogP contribution in [0.25, 0.3) is 11.1 Å². The van der Waals surface area contributed by atoms with Crippen molar-refractivity contribution in [2.24, 2.45) is 0 Å². The van der Waals surface area contributed by atoms with E-state index in [0.29, 0.717) is 5.46 Å². The molecule has 0 bridgehead atoms. The van der Waals surface area contributed by atoms with Gasteiger partial charge in [0.2, 0.25) is 0 Å². The normalized spacial score (nSPS) is 10.4. The smallest absolute Gasteiger partial charge is 0.423 e. The van der Waals surface area contributed by atoms with Gasteiger partial charge in [0, 0.05) is 0 Å². The summed E-state index contributed by atoms with van der Waals surface area (Å²) in [6.45, 7) is 3.96. The highest BCUT2D eigenvalue weighted by molar-refractivity contribution is 6.60. The molecule has 0 aliphatic carbocycles. The third-order valence-electron chi connectivity index (χ3n) is 2.85. The van der Waals surface area contributed by atoms with Crippen LogP contribution in [-0.4, -0.2) is 17.2 Å². The highest BCUT2D eigenvalue weighted by Gasteiger charge is 2.16. The molecule has 86 valence electrons. The molecule has 3 heteroatoms. The molecule has 0 amide bonds. The minimum Gasteiger partial charge on any atom is -0.423 e. The Morgan fingerprint density at radius 1 is 0.824 bits per heavy atom. The summed E-state index contributed by atoms with van der Waals surface area (Å²) in [6, 6.07) is 13.7. The van der Waals surface area contributed by atoms with Gasteiger partial charge in [0.15, 0.2) is 0 Å². The summed E-state index contributed by atoms with van der Waals surface area (Å²) in [4.78, 5) is 0. The van der Waals surface area contributed by atoms with E-state index in [1.807, 2.05) is 50.2 Å². The van der Waals surface area contributed by atoms with Crippen LogP contribution in [0.2, 0.25) is 0 Å². The van der Waals surface area contributed by atoms with Crippen LogP contribution in [0.15, 0.2) is 42.5 Å². The largest absolute Gasteiger partial charge is 0.489 e. The third-order valence-corrected chi connectivity index (χ3v) is 2.85. The zero-order chi connectivity index (χ0) is 12.4. The molecule has 2 aromatic rings. The summed E-state index contributed by atoms with van der Waals surface area (Å²) < 4.78 is 0. The Labute approximate surface area is 102 Å². The Morgan fingerprint density at radius 2 is 1.41 bits per heavy atom. The van der Waals surface area contributed by atoms with Crippen molar-refractivity contribution >= 4 is 12.6 Å². The summed E-state index contributed by atoms with van der Waals surface area (Å²) in [7, 11) is -1.44. The first kappa shape index (κ1) is 11.9. The monoisotopic (exact) mass is 226 g/mol. The zero-order valence-electron chi connectivity index (χ0n) is 10.0. The quantitative estimate of drug-likeness (QED) is 0.764. The highest BCUT2D eigenvalue weighted by Crippen LogP contribution is 2.19. The Bertz CT molecular complexity index is 518. The minimum absolute atomic E-state index is 0.550. The lowest BCUT2D eigenvalue weighted by molar-refractivity contribution is 0.426. The second-order valence-corrected chi connectivity index (χ2v) is 4.33. The maximum Gasteiger partial charge on any atom is 0.489 e. The van der Waals surface area contributed by atoms with Gasteiger partial charge in [0.05, 0.1) is 0 Å². The van der Waals surface area contributed by atoms with Crippen molar-refractivity contribution in [1.29, 1.82) is 0 Å². The second-order valence-electron chi connectivity index (χ2n) is 4.33. The van der Waals surface area contributed by atoms with Gasteiger partial charge in [-0.05, 0) is 30.4 Å². The Morgan fingerprint density at radius 3 is 2.00 bits per heavy atom. The van der Waals surface area contributed by atoms with Crippen molar-refractivity contribution in [2.75, 3.05) is 0 Å². The first-order valence-corrected chi connectivity index (χ1v) is 5.61. The summed E-state index contributed by atoms with van der Waals surface area (Å²) in [5, 5.41) is 18.8. The van der Waals surface area contributed by atoms with E-state index in [4.69, 9.17) is 0 Å². The molecule has 0 saturated carbocycles. The van der Waals surface area contributed by atoms with Gasteiger partial charge in [0.25, 0.3) is 0 Å². The van der Waals surface area contributed by atoms with E-state index >= 15 is 0 Å². The van der Waals surface area contributed by atoms with Crippen LogP contribution in [0.4, 0.5) is 0 Å². The van der Waals surface area contributed by atoms with Gasteiger partial charge < -0.3 is 10.0 Å². The average Bonchev–Trinajstić information content (AvgIpc) is 2.30. The summed E-state index contributed by atoms with van der Waals surface area (Å²) >= 11 is 0. The standard InChI is InChI=1S/C14H15BO2/c1-10-3-6-12(7-4-10)13-8-5-11(2)9-14(13)15(16)17/h3-9,16-17H,1-2H3. The van der Waals surface area contributed by atoms with Crippen LogP contribution < -0.4 is 5.46 Å². The molecular formula is C14H15BO2. The molecule has 2 rings (SSSR count). The fourth-order valence-corrected chi connectivity index (χ4v) is 1.89. The van der Waals surface area contributed by atoms with Gasteiger partial charge in [-0.1, -0.05) is 53.6 Å². The molecule has 2 nitrogen and oxygen atoms in total. The van der Waals surface area contributed by atoms with Crippen LogP contribution in [0.1, 0.15) is 11.1 Å². The molecule has 0 aromatic heterocycles. The van der Waals surface area contributed by atoms with Crippen molar-refractivity contribution < 1.29 is 10.0 Å². The SMILES string of the molecule is Cc1ccc(-c2ccc(C)cc2B(O)O)cc1. The lowest BCUT2D eigenvalue weighted by Gasteiger charge is -2.10. The van der Waals surface area contributed by atoms with E-state index in [-0.39, 0.29) is 0 Å². The van der Waals surface area contributed by atoms with Gasteiger partial charge in [-0.25, -0.2) is 0 Å². The van der Waals surface area contributed by atoms with Gasteiger partial charge >= 0.3 is 7.12 Å². The van der Waals surface area contributed by atoms with Gasteiger partial charge in [-0.2, -0.15) is 0 Å². The number of rotatable bonds is 2. The molecule has 0 aliphatic rings. The van der Waals surface area contributed by atoms with E-state index in [0.717, 1.165) is 16.7 Å². The van der Waals surface area contributed by atoms with Crippen LogP contribution in [0.5, 0.6) is 0 Å². The summed E-state index contributed by atoms with van der Waals surface area (Å²) in [6.07, 6.45) is 0. The molecular weight excluding hydrogens is 211 g/mol. The number of aryl methyl sites for hydroxylation is 2. The van der Waals surface area contributed by atoms with Gasteiger partial charge in [0.1, 0.15) is 0 Å². The number of hydrogen-bond donors (Lipinski definition) is 2. The fraction of sp³-hybridized carbons (Fsp3) is 0.143. The van der Waals surface area contributed by atoms with Crippen LogP contribution in [0, 0.1) is 13.8 Å². The first-order chi connectivity index (χ1) is 8.08. The second kappa shape index (κ2) is 4.74. The highest BCUT2D eigenvalue weighted by atomic mass is 16.4. The van der Waals surface area contributed by atoms with E-state index in [1.54, 1.807) is 6.07 Å². The van der Waals surface area contributed by atoms with Crippen molar-refractivity contribution in [3.05, 3.63) is 53.6 Å². The average molecular weight is 226 g/mol. The molecule has 0 heterocycles. The molecule has 2 aromatic carbocycles. The maximum atomic E-state index is 9.40. The molecule has 0 saturated heterocycles. The van der Waals surface area contributed by atoms with E-state index in [2.05, 4.69) is 0 Å². The van der Waals surface area contributed by atoms with E-state index in [1.165, 1.54) is 5.56 Å². The summed E-state index contributed by atoms with van der Waals surface area (Å²) in [5.41, 5.74) is 4.62. The third kappa shape index (κ3) is 2.57. The van der Waals surface area contributed by atoms with E-state index < -0.39 is 7.12 Å². The molecule has 0 unspecified atom stereocenters. The van der Waals surface area contributed by atoms with Crippen molar-refractivity contribution in [2.45, 2.75) is 13.8 Å². The predicted molar refractivity (Wildman–Crippen MR) is 71.2 cm³/mol. The Balaban J connectivity index is 2.54. The van der Waals surface area contributed by atoms with Crippen LogP contribution in [0.3, 0.4) is 0 Å². The minimum atomic E-state index is -1.44. The lowest BCUT2D eigenvalue weighted by Crippen LogP contribution is -2.31. The molecule has 0 fully saturated rings. The number of benzene rings is 2. The molecule has 0 spiro atoms. The van der Waals surface area contributed by atoms with Gasteiger partial charge in [-0.3, -0.25) is 0 Å². The van der Waals surface area contributed by atoms with Crippen molar-refractivity contribution in [3.8, 4) is 11.1 Å². The van der Waals surface area contributed by atoms with Crippen LogP contribution in [-0.2, 0) is 0 Å². The van der Waals surface area contributed by atoms with Crippen molar-refractivity contribution in [1.82, 2.24) is 0 Å². The van der Waals surface area contributed by atoms with Crippen molar-refractivity contribution in [3.63, 3.8) is 0 Å². The Hall–Kier alpha value is -1.58. The maximum absolute atomic E-state index is 9.40. The lowest BCUT2D eigenvalue weighted by atomic mass is 9.74. The molecule has 2 N–H and O–H groups in total. The van der Waals surface area contributed by atoms with Gasteiger partial charge in [-0.15, -0.1) is 0 Å². The fourth-order valence-electron chi connectivity index (χ4n) is 1.89. The predicted octanol–water partition coefficient (Wildman–Crippen LogP) is 1.65. The first-order valence-electron chi connectivity index (χ1n) is 5.61. The number of hydrogen-bond acceptors (Lipinski definition) is 2.